The van der Waals surface area contributed by atoms with Crippen LogP contribution in [0, 0.1) is 0 Å². The van der Waals surface area contributed by atoms with Crippen molar-refractivity contribution in [2.45, 2.75) is 26.0 Å². The third-order valence-corrected chi connectivity index (χ3v) is 5.30. The zero-order valence-corrected chi connectivity index (χ0v) is 17.4. The normalized spacial score (nSPS) is 11.9. The number of hydrogen-bond acceptors (Lipinski definition) is 3. The summed E-state index contributed by atoms with van der Waals surface area (Å²) in [7, 11) is 1.66. The molecule has 0 aliphatic rings. The van der Waals surface area contributed by atoms with Crippen molar-refractivity contribution in [2.24, 2.45) is 0 Å². The molecule has 0 bridgehead atoms. The zero-order chi connectivity index (χ0) is 20.9. The van der Waals surface area contributed by atoms with Crippen LogP contribution in [0.2, 0.25) is 0 Å². The lowest BCUT2D eigenvalue weighted by Crippen LogP contribution is -2.13. The van der Waals surface area contributed by atoms with Gasteiger partial charge in [0.05, 0.1) is 24.2 Å². The highest BCUT2D eigenvalue weighted by atomic mass is 16.5. The highest BCUT2D eigenvalue weighted by molar-refractivity contribution is 5.76. The van der Waals surface area contributed by atoms with E-state index in [-0.39, 0.29) is 6.04 Å². The van der Waals surface area contributed by atoms with Gasteiger partial charge in [-0.15, -0.1) is 6.58 Å². The summed E-state index contributed by atoms with van der Waals surface area (Å²) in [5.41, 5.74) is 4.43. The molecule has 0 N–H and O–H groups in total. The number of ether oxygens (including phenoxy) is 2. The van der Waals surface area contributed by atoms with Crippen LogP contribution in [0.25, 0.3) is 11.0 Å². The predicted molar refractivity (Wildman–Crippen MR) is 121 cm³/mol. The number of allylic oxidation sites excluding steroid dienone is 1. The maximum atomic E-state index is 6.17. The lowest BCUT2D eigenvalue weighted by atomic mass is 10.1. The number of fused-ring (bicyclic) bond motifs is 1. The molecule has 4 rings (SSSR count). The molecular formula is C26H26N2O2. The third kappa shape index (κ3) is 3.94. The Hall–Kier alpha value is -3.53. The highest BCUT2D eigenvalue weighted by Gasteiger charge is 2.18. The Balaban J connectivity index is 1.67. The van der Waals surface area contributed by atoms with Gasteiger partial charge in [-0.05, 0) is 48.7 Å². The first-order chi connectivity index (χ1) is 14.7. The molecule has 0 radical (unpaired) electrons. The Labute approximate surface area is 177 Å². The average molecular weight is 399 g/mol. The predicted octanol–water partition coefficient (Wildman–Crippen LogP) is 5.96. The second kappa shape index (κ2) is 8.87. The summed E-state index contributed by atoms with van der Waals surface area (Å²) in [5, 5.41) is 0. The SMILES string of the molecule is C=CCc1ccc(OCc2nc3ccccc3n2C(C)c2ccccc2)c(OC)c1. The third-order valence-electron chi connectivity index (χ3n) is 5.30. The molecule has 0 saturated carbocycles. The average Bonchev–Trinajstić information content (AvgIpc) is 3.16. The van der Waals surface area contributed by atoms with Gasteiger partial charge in [0, 0.05) is 0 Å². The van der Waals surface area contributed by atoms with E-state index >= 15 is 0 Å². The van der Waals surface area contributed by atoms with Crippen molar-refractivity contribution in [1.29, 1.82) is 0 Å². The minimum Gasteiger partial charge on any atom is -0.493 e. The molecule has 4 heteroatoms. The van der Waals surface area contributed by atoms with Crippen molar-refractivity contribution < 1.29 is 9.47 Å². The monoisotopic (exact) mass is 398 g/mol. The topological polar surface area (TPSA) is 36.3 Å². The van der Waals surface area contributed by atoms with Gasteiger partial charge in [0.1, 0.15) is 12.4 Å². The summed E-state index contributed by atoms with van der Waals surface area (Å²) in [5.74, 6) is 2.30. The molecule has 4 nitrogen and oxygen atoms in total. The number of hydrogen-bond donors (Lipinski definition) is 0. The standard InChI is InChI=1S/C26H26N2O2/c1-4-10-20-15-16-24(25(17-20)29-3)30-18-26-27-22-13-8-9-14-23(22)28(26)19(2)21-11-6-5-7-12-21/h4-9,11-17,19H,1,10,18H2,2-3H3. The largest absolute Gasteiger partial charge is 0.493 e. The van der Waals surface area contributed by atoms with Crippen molar-refractivity contribution in [3.05, 3.63) is 102 Å². The molecule has 0 fully saturated rings. The van der Waals surface area contributed by atoms with Crippen molar-refractivity contribution >= 4 is 11.0 Å². The van der Waals surface area contributed by atoms with Crippen LogP contribution >= 0.6 is 0 Å². The van der Waals surface area contributed by atoms with Crippen LogP contribution in [-0.2, 0) is 13.0 Å². The molecule has 1 unspecified atom stereocenters. The second-order valence-electron chi connectivity index (χ2n) is 7.24. The molecule has 152 valence electrons. The smallest absolute Gasteiger partial charge is 0.161 e. The zero-order valence-electron chi connectivity index (χ0n) is 17.4. The van der Waals surface area contributed by atoms with Gasteiger partial charge >= 0.3 is 0 Å². The van der Waals surface area contributed by atoms with E-state index in [1.54, 1.807) is 7.11 Å². The summed E-state index contributed by atoms with van der Waals surface area (Å²) in [4.78, 5) is 4.86. The van der Waals surface area contributed by atoms with Crippen LogP contribution < -0.4 is 9.47 Å². The van der Waals surface area contributed by atoms with Crippen molar-refractivity contribution in [1.82, 2.24) is 9.55 Å². The van der Waals surface area contributed by atoms with Crippen LogP contribution in [-0.4, -0.2) is 16.7 Å². The van der Waals surface area contributed by atoms with Gasteiger partial charge in [0.2, 0.25) is 0 Å². The fraction of sp³-hybridized carbons (Fsp3) is 0.192. The number of methoxy groups -OCH3 is 1. The van der Waals surface area contributed by atoms with Gasteiger partial charge in [-0.1, -0.05) is 54.6 Å². The Kier molecular flexibility index (Phi) is 5.84. The minimum atomic E-state index is 0.133. The first-order valence-corrected chi connectivity index (χ1v) is 10.1. The maximum absolute atomic E-state index is 6.17. The van der Waals surface area contributed by atoms with E-state index in [9.17, 15) is 0 Å². The second-order valence-corrected chi connectivity index (χ2v) is 7.24. The van der Waals surface area contributed by atoms with Crippen LogP contribution in [0.3, 0.4) is 0 Å². The van der Waals surface area contributed by atoms with E-state index in [2.05, 4.69) is 48.4 Å². The number of rotatable bonds is 8. The van der Waals surface area contributed by atoms with Gasteiger partial charge < -0.3 is 14.0 Å². The Bertz CT molecular complexity index is 1150. The number of para-hydroxylation sites is 2. The summed E-state index contributed by atoms with van der Waals surface area (Å²) >= 11 is 0. The first-order valence-electron chi connectivity index (χ1n) is 10.1. The summed E-state index contributed by atoms with van der Waals surface area (Å²) in [6, 6.07) is 24.8. The summed E-state index contributed by atoms with van der Waals surface area (Å²) in [6.07, 6.45) is 2.67. The number of nitrogens with zero attached hydrogens (tertiary/aromatic N) is 2. The van der Waals surface area contributed by atoms with E-state index in [1.165, 1.54) is 5.56 Å². The molecule has 0 saturated heterocycles. The maximum Gasteiger partial charge on any atom is 0.161 e. The van der Waals surface area contributed by atoms with Crippen molar-refractivity contribution in [2.75, 3.05) is 7.11 Å². The number of benzene rings is 3. The van der Waals surface area contributed by atoms with Gasteiger partial charge in [-0.25, -0.2) is 4.98 Å². The van der Waals surface area contributed by atoms with E-state index in [0.29, 0.717) is 18.1 Å². The number of imidazole rings is 1. The fourth-order valence-corrected chi connectivity index (χ4v) is 3.78. The van der Waals surface area contributed by atoms with Gasteiger partial charge in [-0.3, -0.25) is 0 Å². The molecule has 30 heavy (non-hydrogen) atoms. The molecule has 1 atom stereocenters. The quantitative estimate of drug-likeness (QED) is 0.344. The van der Waals surface area contributed by atoms with Gasteiger partial charge in [0.25, 0.3) is 0 Å². The van der Waals surface area contributed by atoms with E-state index in [1.807, 2.05) is 48.5 Å². The summed E-state index contributed by atoms with van der Waals surface area (Å²) in [6.45, 7) is 6.34. The van der Waals surface area contributed by atoms with Gasteiger partial charge in [-0.2, -0.15) is 0 Å². The molecule has 1 heterocycles. The Morgan fingerprint density at radius 3 is 2.53 bits per heavy atom. The van der Waals surface area contributed by atoms with Crippen LogP contribution in [0.5, 0.6) is 11.5 Å². The van der Waals surface area contributed by atoms with Crippen molar-refractivity contribution in [3.8, 4) is 11.5 Å². The van der Waals surface area contributed by atoms with Gasteiger partial charge in [0.15, 0.2) is 11.5 Å². The van der Waals surface area contributed by atoms with Crippen LogP contribution in [0.1, 0.15) is 29.9 Å². The Morgan fingerprint density at radius 2 is 1.77 bits per heavy atom. The molecule has 0 aliphatic carbocycles. The molecular weight excluding hydrogens is 372 g/mol. The molecule has 3 aromatic carbocycles. The van der Waals surface area contributed by atoms with E-state index in [0.717, 1.165) is 28.8 Å². The highest BCUT2D eigenvalue weighted by Crippen LogP contribution is 2.31. The van der Waals surface area contributed by atoms with Crippen LogP contribution in [0.15, 0.2) is 85.5 Å². The minimum absolute atomic E-state index is 0.133. The molecule has 0 amide bonds. The lowest BCUT2D eigenvalue weighted by molar-refractivity contribution is 0.270. The number of aromatic nitrogens is 2. The molecule has 1 aromatic heterocycles. The van der Waals surface area contributed by atoms with Crippen molar-refractivity contribution in [3.63, 3.8) is 0 Å². The van der Waals surface area contributed by atoms with E-state index < -0.39 is 0 Å². The van der Waals surface area contributed by atoms with E-state index in [4.69, 9.17) is 14.5 Å². The fourth-order valence-electron chi connectivity index (χ4n) is 3.78. The molecule has 0 spiro atoms. The lowest BCUT2D eigenvalue weighted by Gasteiger charge is -2.19. The first kappa shape index (κ1) is 19.8. The summed E-state index contributed by atoms with van der Waals surface area (Å²) < 4.78 is 14.0. The Morgan fingerprint density at radius 1 is 1.00 bits per heavy atom. The van der Waals surface area contributed by atoms with Crippen LogP contribution in [0.4, 0.5) is 0 Å². The molecule has 4 aromatic rings. The molecule has 0 aliphatic heterocycles.